The smallest absolute Gasteiger partial charge is 0.251 e. The molecule has 1 aliphatic rings. The van der Waals surface area contributed by atoms with Gasteiger partial charge in [0.2, 0.25) is 5.91 Å². The van der Waals surface area contributed by atoms with Crippen LogP contribution < -0.4 is 11.1 Å². The predicted octanol–water partition coefficient (Wildman–Crippen LogP) is 0.928. The van der Waals surface area contributed by atoms with Gasteiger partial charge in [-0.3, -0.25) is 9.59 Å². The Morgan fingerprint density at radius 3 is 2.57 bits per heavy atom. The minimum Gasteiger partial charge on any atom is -0.349 e. The normalized spacial score (nSPS) is 15.8. The molecule has 0 aliphatic carbocycles. The zero-order valence-electron chi connectivity index (χ0n) is 12.5. The highest BCUT2D eigenvalue weighted by molar-refractivity contribution is 5.95. The largest absolute Gasteiger partial charge is 0.349 e. The highest BCUT2D eigenvalue weighted by Crippen LogP contribution is 2.13. The average molecular weight is 289 g/mol. The minimum atomic E-state index is -0.0414. The Balaban J connectivity index is 1.95. The molecule has 1 fully saturated rings. The van der Waals surface area contributed by atoms with Gasteiger partial charge < -0.3 is 16.0 Å². The van der Waals surface area contributed by atoms with E-state index in [0.29, 0.717) is 31.6 Å². The number of hydrogen-bond donors (Lipinski definition) is 2. The van der Waals surface area contributed by atoms with E-state index in [2.05, 4.69) is 5.32 Å². The summed E-state index contributed by atoms with van der Waals surface area (Å²) >= 11 is 0. The molecule has 0 atom stereocenters. The van der Waals surface area contributed by atoms with Gasteiger partial charge in [-0.05, 0) is 37.4 Å². The maximum absolute atomic E-state index is 12.4. The van der Waals surface area contributed by atoms with Crippen LogP contribution in [0.4, 0.5) is 0 Å². The molecule has 21 heavy (non-hydrogen) atoms. The number of piperidine rings is 1. The zero-order valence-corrected chi connectivity index (χ0v) is 12.5. The molecular formula is C16H23N3O2. The fourth-order valence-electron chi connectivity index (χ4n) is 2.72. The first kappa shape index (κ1) is 15.5. The van der Waals surface area contributed by atoms with Crippen molar-refractivity contribution in [1.29, 1.82) is 0 Å². The molecule has 1 aromatic rings. The van der Waals surface area contributed by atoms with Gasteiger partial charge in [0.1, 0.15) is 0 Å². The first-order valence-corrected chi connectivity index (χ1v) is 7.46. The maximum atomic E-state index is 12.4. The van der Waals surface area contributed by atoms with Crippen LogP contribution in [0.2, 0.25) is 0 Å². The SMILES string of the molecule is CC(=O)N1CCC(NC(=O)c2ccccc2CCN)CC1. The lowest BCUT2D eigenvalue weighted by molar-refractivity contribution is -0.129. The van der Waals surface area contributed by atoms with Gasteiger partial charge in [-0.1, -0.05) is 18.2 Å². The molecule has 0 bridgehead atoms. The van der Waals surface area contributed by atoms with Gasteiger partial charge in [0.15, 0.2) is 0 Å². The number of rotatable bonds is 4. The molecule has 0 unspecified atom stereocenters. The third-order valence-electron chi connectivity index (χ3n) is 3.95. The lowest BCUT2D eigenvalue weighted by Gasteiger charge is -2.31. The van der Waals surface area contributed by atoms with Crippen molar-refractivity contribution in [1.82, 2.24) is 10.2 Å². The van der Waals surface area contributed by atoms with Crippen molar-refractivity contribution in [2.75, 3.05) is 19.6 Å². The van der Waals surface area contributed by atoms with Crippen molar-refractivity contribution in [2.45, 2.75) is 32.2 Å². The summed E-state index contributed by atoms with van der Waals surface area (Å²) in [6.07, 6.45) is 2.32. The van der Waals surface area contributed by atoms with Crippen molar-refractivity contribution in [2.24, 2.45) is 5.73 Å². The summed E-state index contributed by atoms with van der Waals surface area (Å²) in [5.41, 5.74) is 7.28. The van der Waals surface area contributed by atoms with Crippen LogP contribution in [-0.4, -0.2) is 42.4 Å². The summed E-state index contributed by atoms with van der Waals surface area (Å²) in [6, 6.07) is 7.71. The van der Waals surface area contributed by atoms with E-state index < -0.39 is 0 Å². The Morgan fingerprint density at radius 2 is 1.95 bits per heavy atom. The standard InChI is InChI=1S/C16H23N3O2/c1-12(20)19-10-7-14(8-11-19)18-16(21)15-5-3-2-4-13(15)6-9-17/h2-5,14H,6-11,17H2,1H3,(H,18,21). The van der Waals surface area contributed by atoms with Gasteiger partial charge in [0, 0.05) is 31.6 Å². The summed E-state index contributed by atoms with van der Waals surface area (Å²) < 4.78 is 0. The van der Waals surface area contributed by atoms with Crippen molar-refractivity contribution in [3.63, 3.8) is 0 Å². The van der Waals surface area contributed by atoms with Crippen LogP contribution in [0.25, 0.3) is 0 Å². The second-order valence-corrected chi connectivity index (χ2v) is 5.45. The van der Waals surface area contributed by atoms with Crippen LogP contribution >= 0.6 is 0 Å². The molecule has 2 rings (SSSR count). The number of nitrogens with zero attached hydrogens (tertiary/aromatic N) is 1. The van der Waals surface area contributed by atoms with Gasteiger partial charge >= 0.3 is 0 Å². The van der Waals surface area contributed by atoms with E-state index in [1.165, 1.54) is 0 Å². The molecule has 3 N–H and O–H groups in total. The molecule has 0 radical (unpaired) electrons. The van der Waals surface area contributed by atoms with E-state index in [4.69, 9.17) is 5.73 Å². The third-order valence-corrected chi connectivity index (χ3v) is 3.95. The van der Waals surface area contributed by atoms with Gasteiger partial charge in [-0.25, -0.2) is 0 Å². The number of carbonyl (C=O) groups is 2. The van der Waals surface area contributed by atoms with Gasteiger partial charge in [-0.15, -0.1) is 0 Å². The fraction of sp³-hybridized carbons (Fsp3) is 0.500. The van der Waals surface area contributed by atoms with Crippen LogP contribution in [0.3, 0.4) is 0 Å². The van der Waals surface area contributed by atoms with E-state index in [-0.39, 0.29) is 17.9 Å². The lowest BCUT2D eigenvalue weighted by atomic mass is 10.0. The second-order valence-electron chi connectivity index (χ2n) is 5.45. The first-order valence-electron chi connectivity index (χ1n) is 7.46. The van der Waals surface area contributed by atoms with Crippen LogP contribution in [0.5, 0.6) is 0 Å². The summed E-state index contributed by atoms with van der Waals surface area (Å²) in [7, 11) is 0. The molecule has 1 aliphatic heterocycles. The van der Waals surface area contributed by atoms with E-state index in [1.807, 2.05) is 29.2 Å². The number of nitrogens with one attached hydrogen (secondary N) is 1. The van der Waals surface area contributed by atoms with Crippen molar-refractivity contribution in [3.05, 3.63) is 35.4 Å². The Labute approximate surface area is 125 Å². The number of carbonyl (C=O) groups excluding carboxylic acids is 2. The molecule has 114 valence electrons. The van der Waals surface area contributed by atoms with E-state index in [9.17, 15) is 9.59 Å². The van der Waals surface area contributed by atoms with Crippen molar-refractivity contribution >= 4 is 11.8 Å². The van der Waals surface area contributed by atoms with Gasteiger partial charge in [0.25, 0.3) is 5.91 Å². The van der Waals surface area contributed by atoms with Crippen LogP contribution in [0.15, 0.2) is 24.3 Å². The summed E-state index contributed by atoms with van der Waals surface area (Å²) in [4.78, 5) is 25.5. The average Bonchev–Trinajstić information content (AvgIpc) is 2.48. The Bertz CT molecular complexity index is 508. The van der Waals surface area contributed by atoms with Crippen LogP contribution in [-0.2, 0) is 11.2 Å². The van der Waals surface area contributed by atoms with E-state index in [1.54, 1.807) is 6.92 Å². The maximum Gasteiger partial charge on any atom is 0.251 e. The topological polar surface area (TPSA) is 75.4 Å². The lowest BCUT2D eigenvalue weighted by Crippen LogP contribution is -2.46. The summed E-state index contributed by atoms with van der Waals surface area (Å²) in [5.74, 6) is 0.0633. The molecular weight excluding hydrogens is 266 g/mol. The Kier molecular flexibility index (Phi) is 5.33. The highest BCUT2D eigenvalue weighted by atomic mass is 16.2. The molecule has 0 saturated carbocycles. The second kappa shape index (κ2) is 7.22. The summed E-state index contributed by atoms with van der Waals surface area (Å²) in [6.45, 7) is 3.54. The van der Waals surface area contributed by atoms with Gasteiger partial charge in [-0.2, -0.15) is 0 Å². The number of amides is 2. The van der Waals surface area contributed by atoms with Crippen molar-refractivity contribution in [3.8, 4) is 0 Å². The number of hydrogen-bond acceptors (Lipinski definition) is 3. The number of nitrogens with two attached hydrogens (primary N) is 1. The molecule has 0 spiro atoms. The molecule has 0 aromatic heterocycles. The minimum absolute atomic E-state index is 0.0414. The zero-order chi connectivity index (χ0) is 15.2. The predicted molar refractivity (Wildman–Crippen MR) is 81.9 cm³/mol. The van der Waals surface area contributed by atoms with Gasteiger partial charge in [0.05, 0.1) is 0 Å². The number of benzene rings is 1. The molecule has 2 amide bonds. The Morgan fingerprint density at radius 1 is 1.29 bits per heavy atom. The highest BCUT2D eigenvalue weighted by Gasteiger charge is 2.22. The monoisotopic (exact) mass is 289 g/mol. The number of likely N-dealkylation sites (tertiary alicyclic amines) is 1. The molecule has 5 heteroatoms. The first-order chi connectivity index (χ1) is 10.1. The molecule has 1 heterocycles. The van der Waals surface area contributed by atoms with Crippen LogP contribution in [0, 0.1) is 0 Å². The molecule has 1 saturated heterocycles. The van der Waals surface area contributed by atoms with E-state index in [0.717, 1.165) is 18.4 Å². The van der Waals surface area contributed by atoms with E-state index >= 15 is 0 Å². The third kappa shape index (κ3) is 4.04. The quantitative estimate of drug-likeness (QED) is 0.866. The Hall–Kier alpha value is -1.88. The summed E-state index contributed by atoms with van der Waals surface area (Å²) in [5, 5.41) is 3.08. The molecule has 5 nitrogen and oxygen atoms in total. The molecule has 1 aromatic carbocycles. The fourth-order valence-corrected chi connectivity index (χ4v) is 2.72. The van der Waals surface area contributed by atoms with Crippen LogP contribution in [0.1, 0.15) is 35.7 Å². The van der Waals surface area contributed by atoms with Crippen molar-refractivity contribution < 1.29 is 9.59 Å².